The lowest BCUT2D eigenvalue weighted by atomic mass is 9.97. The van der Waals surface area contributed by atoms with E-state index >= 15 is 0 Å². The van der Waals surface area contributed by atoms with E-state index in [9.17, 15) is 5.11 Å². The molecule has 1 saturated heterocycles. The van der Waals surface area contributed by atoms with E-state index in [0.29, 0.717) is 11.7 Å². The second-order valence-corrected chi connectivity index (χ2v) is 8.44. The number of aryl methyl sites for hydroxylation is 3. The normalized spacial score (nSPS) is 18.7. The van der Waals surface area contributed by atoms with E-state index < -0.39 is 0 Å². The SMILES string of the molecule is Cc1cc(C)cc(-n2c(C)cc([C@H]3[C@@H](c4ccccn4)NC(=S)N3CCO)c2C)c1. The number of aromatic nitrogens is 2. The molecule has 3 heterocycles. The first kappa shape index (κ1) is 20.6. The fourth-order valence-electron chi connectivity index (χ4n) is 4.66. The largest absolute Gasteiger partial charge is 0.395 e. The van der Waals surface area contributed by atoms with Gasteiger partial charge in [0.25, 0.3) is 0 Å². The number of aliphatic hydroxyl groups is 1. The Balaban J connectivity index is 1.85. The van der Waals surface area contributed by atoms with Gasteiger partial charge in [0.05, 0.1) is 24.4 Å². The van der Waals surface area contributed by atoms with Crippen LogP contribution in [0.15, 0.2) is 48.7 Å². The molecule has 1 aliphatic rings. The Bertz CT molecular complexity index is 1060. The van der Waals surface area contributed by atoms with Crippen LogP contribution in [-0.4, -0.2) is 37.8 Å². The van der Waals surface area contributed by atoms with Crippen LogP contribution in [0.2, 0.25) is 0 Å². The van der Waals surface area contributed by atoms with Gasteiger partial charge in [-0.3, -0.25) is 4.98 Å². The molecule has 0 radical (unpaired) electrons. The van der Waals surface area contributed by atoms with Crippen LogP contribution in [0.5, 0.6) is 0 Å². The minimum atomic E-state index is -0.0709. The minimum Gasteiger partial charge on any atom is -0.395 e. The molecule has 2 aromatic heterocycles. The summed E-state index contributed by atoms with van der Waals surface area (Å²) in [5.41, 5.74) is 8.16. The number of hydrogen-bond donors (Lipinski definition) is 2. The van der Waals surface area contributed by atoms with E-state index in [1.807, 2.05) is 24.4 Å². The summed E-state index contributed by atoms with van der Waals surface area (Å²) in [6.07, 6.45) is 1.81. The number of pyridine rings is 1. The van der Waals surface area contributed by atoms with Gasteiger partial charge in [-0.15, -0.1) is 0 Å². The van der Waals surface area contributed by atoms with Crippen LogP contribution in [0.25, 0.3) is 5.69 Å². The molecule has 4 rings (SSSR count). The fourth-order valence-corrected chi connectivity index (χ4v) is 4.99. The van der Waals surface area contributed by atoms with Crippen LogP contribution in [0, 0.1) is 27.7 Å². The van der Waals surface area contributed by atoms with Crippen molar-refractivity contribution in [2.75, 3.05) is 13.2 Å². The third-order valence-corrected chi connectivity index (χ3v) is 6.14. The van der Waals surface area contributed by atoms with Gasteiger partial charge in [0.15, 0.2) is 5.11 Å². The van der Waals surface area contributed by atoms with Gasteiger partial charge in [-0.2, -0.15) is 0 Å². The number of thiocarbonyl (C=S) groups is 1. The number of nitrogens with zero attached hydrogens (tertiary/aromatic N) is 3. The fraction of sp³-hybridized carbons (Fsp3) is 0.333. The standard InChI is InChI=1S/C24H28N4OS/c1-15-11-16(2)13-19(12-15)28-17(3)14-20(18(28)4)23-22(21-7-5-6-8-25-21)26-24(30)27(23)9-10-29/h5-8,11-14,22-23,29H,9-10H2,1-4H3,(H,26,30)/t22-,23+/m1/s1. The number of aliphatic hydroxyl groups excluding tert-OH is 1. The van der Waals surface area contributed by atoms with Crippen molar-refractivity contribution in [3.8, 4) is 5.69 Å². The molecule has 1 aliphatic heterocycles. The highest BCUT2D eigenvalue weighted by molar-refractivity contribution is 7.80. The van der Waals surface area contributed by atoms with E-state index in [-0.39, 0.29) is 18.7 Å². The van der Waals surface area contributed by atoms with Crippen molar-refractivity contribution in [2.45, 2.75) is 39.8 Å². The Kier molecular flexibility index (Phi) is 5.62. The summed E-state index contributed by atoms with van der Waals surface area (Å²) in [6, 6.07) is 14.7. The molecular formula is C24H28N4OS. The van der Waals surface area contributed by atoms with E-state index in [1.54, 1.807) is 0 Å². The van der Waals surface area contributed by atoms with Crippen LogP contribution in [-0.2, 0) is 0 Å². The summed E-state index contributed by atoms with van der Waals surface area (Å²) in [5, 5.41) is 13.8. The molecule has 6 heteroatoms. The molecule has 0 bridgehead atoms. The van der Waals surface area contributed by atoms with Crippen LogP contribution in [0.3, 0.4) is 0 Å². The molecule has 3 aromatic rings. The highest BCUT2D eigenvalue weighted by atomic mass is 32.1. The van der Waals surface area contributed by atoms with Gasteiger partial charge >= 0.3 is 0 Å². The molecule has 156 valence electrons. The Hall–Kier alpha value is -2.70. The highest BCUT2D eigenvalue weighted by Crippen LogP contribution is 2.41. The second-order valence-electron chi connectivity index (χ2n) is 8.05. The number of β-amino-alcohol motifs (C(OH)–C–C–N with tert-alkyl or cyclic N) is 1. The van der Waals surface area contributed by atoms with Crippen LogP contribution in [0.1, 0.15) is 45.9 Å². The molecule has 1 aromatic carbocycles. The number of nitrogens with one attached hydrogen (secondary N) is 1. The van der Waals surface area contributed by atoms with Gasteiger partial charge in [-0.1, -0.05) is 12.1 Å². The molecular weight excluding hydrogens is 392 g/mol. The molecule has 0 aliphatic carbocycles. The predicted octanol–water partition coefficient (Wildman–Crippen LogP) is 4.07. The number of rotatable bonds is 5. The van der Waals surface area contributed by atoms with Crippen molar-refractivity contribution in [1.29, 1.82) is 0 Å². The lowest BCUT2D eigenvalue weighted by Gasteiger charge is -2.27. The summed E-state index contributed by atoms with van der Waals surface area (Å²) in [6.45, 7) is 9.08. The van der Waals surface area contributed by atoms with Gasteiger partial charge in [0.2, 0.25) is 0 Å². The molecule has 30 heavy (non-hydrogen) atoms. The quantitative estimate of drug-likeness (QED) is 0.610. The smallest absolute Gasteiger partial charge is 0.170 e. The average molecular weight is 421 g/mol. The predicted molar refractivity (Wildman–Crippen MR) is 124 cm³/mol. The third-order valence-electron chi connectivity index (χ3n) is 5.79. The maximum atomic E-state index is 9.68. The zero-order valence-electron chi connectivity index (χ0n) is 17.9. The van der Waals surface area contributed by atoms with Gasteiger partial charge in [-0.05, 0) is 86.9 Å². The molecule has 5 nitrogen and oxygen atoms in total. The summed E-state index contributed by atoms with van der Waals surface area (Å²) in [5.74, 6) is 0. The Morgan fingerprint density at radius 2 is 1.80 bits per heavy atom. The minimum absolute atomic E-state index is 0.0367. The summed E-state index contributed by atoms with van der Waals surface area (Å²) >= 11 is 5.64. The van der Waals surface area contributed by atoms with Crippen molar-refractivity contribution in [1.82, 2.24) is 19.8 Å². The Morgan fingerprint density at radius 1 is 1.07 bits per heavy atom. The first-order valence-electron chi connectivity index (χ1n) is 10.3. The summed E-state index contributed by atoms with van der Waals surface area (Å²) in [7, 11) is 0. The van der Waals surface area contributed by atoms with E-state index in [2.05, 4.69) is 71.7 Å². The Labute approximate surface area is 183 Å². The third kappa shape index (κ3) is 3.61. The van der Waals surface area contributed by atoms with E-state index in [4.69, 9.17) is 12.2 Å². The maximum Gasteiger partial charge on any atom is 0.170 e. The zero-order valence-corrected chi connectivity index (χ0v) is 18.7. The van der Waals surface area contributed by atoms with Gasteiger partial charge < -0.3 is 19.9 Å². The molecule has 2 atom stereocenters. The first-order valence-corrected chi connectivity index (χ1v) is 10.7. The first-order chi connectivity index (χ1) is 14.4. The summed E-state index contributed by atoms with van der Waals surface area (Å²) in [4.78, 5) is 6.67. The van der Waals surface area contributed by atoms with Crippen LogP contribution in [0.4, 0.5) is 0 Å². The molecule has 0 spiro atoms. The van der Waals surface area contributed by atoms with Crippen molar-refractivity contribution >= 4 is 17.3 Å². The van der Waals surface area contributed by atoms with E-state index in [0.717, 1.165) is 5.69 Å². The molecule has 1 fully saturated rings. The molecule has 0 unspecified atom stereocenters. The van der Waals surface area contributed by atoms with Gasteiger partial charge in [-0.25, -0.2) is 0 Å². The average Bonchev–Trinajstić information content (AvgIpc) is 3.18. The van der Waals surface area contributed by atoms with Gasteiger partial charge in [0, 0.05) is 29.8 Å². The van der Waals surface area contributed by atoms with Crippen molar-refractivity contribution in [3.05, 3.63) is 82.4 Å². The van der Waals surface area contributed by atoms with Gasteiger partial charge in [0.1, 0.15) is 0 Å². The monoisotopic (exact) mass is 420 g/mol. The lowest BCUT2D eigenvalue weighted by molar-refractivity contribution is 0.223. The maximum absolute atomic E-state index is 9.68. The Morgan fingerprint density at radius 3 is 2.43 bits per heavy atom. The number of hydrogen-bond acceptors (Lipinski definition) is 3. The highest BCUT2D eigenvalue weighted by Gasteiger charge is 2.41. The lowest BCUT2D eigenvalue weighted by Crippen LogP contribution is -2.32. The topological polar surface area (TPSA) is 53.3 Å². The van der Waals surface area contributed by atoms with Crippen molar-refractivity contribution < 1.29 is 5.11 Å². The zero-order chi connectivity index (χ0) is 21.4. The van der Waals surface area contributed by atoms with Crippen LogP contribution < -0.4 is 5.32 Å². The van der Waals surface area contributed by atoms with Crippen molar-refractivity contribution in [2.24, 2.45) is 0 Å². The molecule has 0 saturated carbocycles. The number of benzene rings is 1. The summed E-state index contributed by atoms with van der Waals surface area (Å²) < 4.78 is 2.31. The van der Waals surface area contributed by atoms with Crippen LogP contribution >= 0.6 is 12.2 Å². The molecule has 2 N–H and O–H groups in total. The van der Waals surface area contributed by atoms with E-state index in [1.165, 1.54) is 33.8 Å². The van der Waals surface area contributed by atoms with Crippen molar-refractivity contribution in [3.63, 3.8) is 0 Å². The molecule has 0 amide bonds. The second kappa shape index (κ2) is 8.20.